The molecule has 116 heavy (non-hydrogen) atoms. The van der Waals surface area contributed by atoms with Crippen LogP contribution in [0.4, 0.5) is 8.78 Å². The summed E-state index contributed by atoms with van der Waals surface area (Å²) in [7, 11) is 1.80. The van der Waals surface area contributed by atoms with Gasteiger partial charge in [-0.05, 0) is 377 Å². The quantitative estimate of drug-likeness (QED) is 0.0647. The number of aliphatic hydroxyl groups is 1. The van der Waals surface area contributed by atoms with Crippen LogP contribution in [-0.4, -0.2) is 25.4 Å². The highest BCUT2D eigenvalue weighted by Crippen LogP contribution is 2.58. The first kappa shape index (κ1) is 85.1. The average molecular weight is 1560 g/mol. The van der Waals surface area contributed by atoms with Gasteiger partial charge < -0.3 is 19.3 Å². The van der Waals surface area contributed by atoms with E-state index in [0.717, 1.165) is 126 Å². The van der Waals surface area contributed by atoms with Crippen LogP contribution in [0.3, 0.4) is 0 Å². The third-order valence-corrected chi connectivity index (χ3v) is 29.1. The van der Waals surface area contributed by atoms with E-state index in [1.165, 1.54) is 98.7 Å². The molecular formula is C110H140F2O4. The van der Waals surface area contributed by atoms with Gasteiger partial charge in [-0.15, -0.1) is 0 Å². The smallest absolute Gasteiger partial charge is 0.130 e. The molecule has 0 heterocycles. The number of methoxy groups -OCH3 is 1. The van der Waals surface area contributed by atoms with Crippen LogP contribution in [0.2, 0.25) is 0 Å². The van der Waals surface area contributed by atoms with Crippen molar-refractivity contribution in [3.8, 4) is 56.0 Å². The van der Waals surface area contributed by atoms with Crippen molar-refractivity contribution in [2.75, 3.05) is 20.3 Å². The summed E-state index contributed by atoms with van der Waals surface area (Å²) in [5.41, 5.74) is 23.5. The second kappa shape index (κ2) is 29.2. The van der Waals surface area contributed by atoms with Crippen molar-refractivity contribution in [1.29, 1.82) is 0 Å². The zero-order valence-electron chi connectivity index (χ0n) is 76.8. The van der Waals surface area contributed by atoms with E-state index >= 15 is 8.78 Å². The minimum Gasteiger partial charge on any atom is -0.493 e. The Bertz CT molecular complexity index is 5390. The molecule has 0 saturated carbocycles. The van der Waals surface area contributed by atoms with E-state index < -0.39 is 0 Å². The van der Waals surface area contributed by atoms with Gasteiger partial charge in [0, 0.05) is 18.2 Å². The molecule has 10 aromatic rings. The first-order valence-electron chi connectivity index (χ1n) is 44.2. The second-order valence-corrected chi connectivity index (χ2v) is 45.9. The maximum absolute atomic E-state index is 16.9. The van der Waals surface area contributed by atoms with Crippen molar-refractivity contribution in [3.05, 3.63) is 199 Å². The number of rotatable bonds is 19. The van der Waals surface area contributed by atoms with Crippen molar-refractivity contribution in [1.82, 2.24) is 0 Å². The van der Waals surface area contributed by atoms with Gasteiger partial charge in [0.2, 0.25) is 0 Å². The van der Waals surface area contributed by atoms with Crippen LogP contribution < -0.4 is 9.47 Å². The summed E-state index contributed by atoms with van der Waals surface area (Å²) in [6.45, 7) is 67.0. The minimum absolute atomic E-state index is 0.00550. The molecule has 4 aliphatic carbocycles. The molecule has 0 atom stereocenters. The summed E-state index contributed by atoms with van der Waals surface area (Å²) in [5.74, 6) is 0.629. The topological polar surface area (TPSA) is 47.9 Å². The van der Waals surface area contributed by atoms with Gasteiger partial charge in [0.15, 0.2) is 0 Å². The van der Waals surface area contributed by atoms with E-state index in [1.807, 2.05) is 13.8 Å². The van der Waals surface area contributed by atoms with Crippen LogP contribution in [0.5, 0.6) is 11.5 Å². The Morgan fingerprint density at radius 1 is 0.328 bits per heavy atom. The SMILES string of the molecule is COCc1c(-c2cc(F)cc(C)c2OCCCCCOc2c(C)cc(F)cc2-c2cc(C(C)(C)CC(C)(C)C)cc(-c3c4cc5c(cc4cc4cc6c(cc34)C(C)(C)CCC6(C)C)C(C)(C)CCC5(C)C)c2CO)cc(C(C)(C)CC(C)(C)C)cc1-c1c2cc3c(cc2cc2cc4c(cc12)C(C)(C)CCC4(C)C)C(C)(C)CCC3(C)C. The van der Waals surface area contributed by atoms with Crippen molar-refractivity contribution >= 4 is 43.1 Å². The molecule has 1 N–H and O–H groups in total. The fourth-order valence-electron chi connectivity index (χ4n) is 22.4. The molecule has 0 saturated heterocycles. The first-order valence-corrected chi connectivity index (χ1v) is 44.2. The predicted octanol–water partition coefficient (Wildman–Crippen LogP) is 31.0. The summed E-state index contributed by atoms with van der Waals surface area (Å²) in [6.07, 6.45) is 12.8. The predicted molar refractivity (Wildman–Crippen MR) is 491 cm³/mol. The molecule has 4 aliphatic rings. The van der Waals surface area contributed by atoms with Gasteiger partial charge in [-0.2, -0.15) is 0 Å². The maximum Gasteiger partial charge on any atom is 0.130 e. The molecule has 10 aromatic carbocycles. The van der Waals surface area contributed by atoms with Crippen molar-refractivity contribution in [2.45, 2.75) is 345 Å². The summed E-state index contributed by atoms with van der Waals surface area (Å²) in [5, 5.41) is 22.2. The van der Waals surface area contributed by atoms with Gasteiger partial charge in [0.05, 0.1) is 26.4 Å². The van der Waals surface area contributed by atoms with E-state index in [1.54, 1.807) is 31.4 Å². The molecular weight excluding hydrogens is 1420 g/mol. The maximum atomic E-state index is 16.9. The molecule has 0 spiro atoms. The summed E-state index contributed by atoms with van der Waals surface area (Å²) >= 11 is 0. The molecule has 0 aromatic heterocycles. The number of fused-ring (bicyclic) bond motifs is 8. The third-order valence-electron chi connectivity index (χ3n) is 29.1. The molecule has 0 bridgehead atoms. The van der Waals surface area contributed by atoms with Crippen molar-refractivity contribution in [2.24, 2.45) is 10.8 Å². The number of aryl methyl sites for hydroxylation is 2. The van der Waals surface area contributed by atoms with Gasteiger partial charge in [0.25, 0.3) is 0 Å². The zero-order chi connectivity index (χ0) is 84.5. The highest BCUT2D eigenvalue weighted by atomic mass is 19.1. The zero-order valence-corrected chi connectivity index (χ0v) is 76.8. The number of unbranched alkanes of at least 4 members (excludes halogenated alkanes) is 2. The highest BCUT2D eigenvalue weighted by Gasteiger charge is 2.44. The fourth-order valence-corrected chi connectivity index (χ4v) is 22.4. The number of ether oxygens (including phenoxy) is 3. The highest BCUT2D eigenvalue weighted by molar-refractivity contribution is 6.16. The Morgan fingerprint density at radius 3 is 0.871 bits per heavy atom. The van der Waals surface area contributed by atoms with E-state index in [4.69, 9.17) is 14.2 Å². The number of halogens is 2. The summed E-state index contributed by atoms with van der Waals surface area (Å²) in [6, 6.07) is 41.3. The number of hydrogen-bond acceptors (Lipinski definition) is 4. The van der Waals surface area contributed by atoms with Crippen LogP contribution in [0.25, 0.3) is 87.6 Å². The Hall–Kier alpha value is -7.38. The van der Waals surface area contributed by atoms with Crippen LogP contribution >= 0.6 is 0 Å². The summed E-state index contributed by atoms with van der Waals surface area (Å²) < 4.78 is 54.4. The van der Waals surface area contributed by atoms with E-state index in [0.29, 0.717) is 55.3 Å². The second-order valence-electron chi connectivity index (χ2n) is 45.9. The lowest BCUT2D eigenvalue weighted by Crippen LogP contribution is -2.34. The molecule has 0 radical (unpaired) electrons. The van der Waals surface area contributed by atoms with Gasteiger partial charge in [-0.3, -0.25) is 0 Å². The monoisotopic (exact) mass is 1560 g/mol. The Labute approximate surface area is 697 Å². The van der Waals surface area contributed by atoms with E-state index in [2.05, 4.69) is 265 Å². The molecule has 14 rings (SSSR count). The largest absolute Gasteiger partial charge is 0.493 e. The molecule has 4 nitrogen and oxygen atoms in total. The van der Waals surface area contributed by atoms with Gasteiger partial charge >= 0.3 is 0 Å². The molecule has 0 unspecified atom stereocenters. The normalized spacial score (nSPS) is 18.4. The molecule has 6 heteroatoms. The lowest BCUT2D eigenvalue weighted by Gasteiger charge is -2.43. The van der Waals surface area contributed by atoms with Crippen molar-refractivity contribution < 1.29 is 28.1 Å². The van der Waals surface area contributed by atoms with Gasteiger partial charge in [-0.25, -0.2) is 8.78 Å². The standard InChI is InChI=1S/C110H140F2O4/c1-65-43-73(111)55-83(79-51-71(109(25,26)63-99(3,4)5)53-81(85(79)61-113)95-75-57-91-87(101(9,10)33-37-105(91,17)18)47-67(75)45-68-48-88-92(58-76(68)95)106(19,20)38-34-102(88,11)12)97(65)115-41-31-30-32-42-116-98-66(2)44-74(112)56-84(98)80-52-72(110(27,28)64-100(6,7)8)54-82(86(80)62-114-29)96-77-59-93-89(103(13,14)35-39-107(93,21)22)49-69(77)46-70-50-90-94(60-78(70)96)108(23,24)40-36-104(90,15)16/h43-60,113H,30-42,61-64H2,1-29H3. The van der Waals surface area contributed by atoms with Crippen LogP contribution in [-0.2, 0) is 72.1 Å². The van der Waals surface area contributed by atoms with E-state index in [-0.39, 0.29) is 83.2 Å². The van der Waals surface area contributed by atoms with Crippen LogP contribution in [0.15, 0.2) is 109 Å². The fraction of sp³-hybridized carbons (Fsp3) is 0.527. The Balaban J connectivity index is 0.853. The minimum atomic E-state index is -0.350. The number of aliphatic hydroxyl groups excluding tert-OH is 1. The van der Waals surface area contributed by atoms with Crippen LogP contribution in [0, 0.1) is 36.3 Å². The number of hydrogen-bond donors (Lipinski definition) is 1. The number of benzene rings is 10. The van der Waals surface area contributed by atoms with Crippen molar-refractivity contribution in [3.63, 3.8) is 0 Å². The first-order chi connectivity index (χ1) is 53.7. The molecule has 618 valence electrons. The Kier molecular flexibility index (Phi) is 21.4. The summed E-state index contributed by atoms with van der Waals surface area (Å²) in [4.78, 5) is 0. The van der Waals surface area contributed by atoms with E-state index in [9.17, 15) is 5.11 Å². The molecule has 0 amide bonds. The Morgan fingerprint density at radius 2 is 0.595 bits per heavy atom. The average Bonchev–Trinajstić information content (AvgIpc) is 0.709. The lowest BCUT2D eigenvalue weighted by molar-refractivity contribution is 0.185. The lowest BCUT2D eigenvalue weighted by atomic mass is 9.62. The van der Waals surface area contributed by atoms with Crippen LogP contribution in [0.1, 0.15) is 341 Å². The third kappa shape index (κ3) is 15.7. The molecule has 0 fully saturated rings. The van der Waals surface area contributed by atoms with Gasteiger partial charge in [0.1, 0.15) is 23.1 Å². The van der Waals surface area contributed by atoms with Gasteiger partial charge in [-0.1, -0.05) is 229 Å². The molecule has 0 aliphatic heterocycles.